The molecular formula is C22H17FO6. The van der Waals surface area contributed by atoms with Gasteiger partial charge in [-0.05, 0) is 24.3 Å². The first-order chi connectivity index (χ1) is 14.0. The van der Waals surface area contributed by atoms with Crippen LogP contribution in [0, 0.1) is 5.82 Å². The first kappa shape index (κ1) is 18.8. The lowest BCUT2D eigenvalue weighted by Gasteiger charge is -2.28. The molecule has 0 bridgehead atoms. The van der Waals surface area contributed by atoms with Crippen molar-refractivity contribution in [1.29, 1.82) is 0 Å². The molecule has 0 saturated heterocycles. The van der Waals surface area contributed by atoms with Gasteiger partial charge in [-0.2, -0.15) is 0 Å². The molecule has 6 nitrogen and oxygen atoms in total. The van der Waals surface area contributed by atoms with Gasteiger partial charge in [0, 0.05) is 22.8 Å². The van der Waals surface area contributed by atoms with Crippen LogP contribution in [0.15, 0.2) is 60.7 Å². The molecule has 3 aromatic carbocycles. The summed E-state index contributed by atoms with van der Waals surface area (Å²) in [5, 5.41) is 19.1. The summed E-state index contributed by atoms with van der Waals surface area (Å²) in [5.74, 6) is -1.52. The van der Waals surface area contributed by atoms with Crippen LogP contribution in [0.3, 0.4) is 0 Å². The summed E-state index contributed by atoms with van der Waals surface area (Å²) >= 11 is 0. The molecule has 148 valence electrons. The molecule has 4 rings (SSSR count). The van der Waals surface area contributed by atoms with E-state index in [-0.39, 0.29) is 24.5 Å². The number of carbonyl (C=O) groups excluding carboxylic acids is 1. The Hall–Kier alpha value is -3.58. The van der Waals surface area contributed by atoms with Crippen LogP contribution < -0.4 is 4.74 Å². The Kier molecular flexibility index (Phi) is 5.05. The third kappa shape index (κ3) is 4.00. The van der Waals surface area contributed by atoms with E-state index in [0.717, 1.165) is 11.6 Å². The monoisotopic (exact) mass is 396 g/mol. The number of hydrogen-bond acceptors (Lipinski definition) is 6. The maximum Gasteiger partial charge on any atom is 0.342 e. The number of halogens is 1. The minimum Gasteiger partial charge on any atom is -0.508 e. The number of ether oxygens (including phenoxy) is 3. The number of phenols is 2. The molecule has 1 atom stereocenters. The first-order valence-corrected chi connectivity index (χ1v) is 8.85. The van der Waals surface area contributed by atoms with Gasteiger partial charge in [0.05, 0.1) is 6.61 Å². The highest BCUT2D eigenvalue weighted by atomic mass is 19.1. The standard InChI is InChI=1S/C22H17FO6/c23-16-8-14(11-27-21(26)18-7-6-17(24)10-19(18)25)20-15(9-16)12-28-22(29-20)13-4-2-1-3-5-13/h1-10,22,24-25H,11-12H2/t22-/m0/s1. The number of hydrogen-bond donors (Lipinski definition) is 2. The van der Waals surface area contributed by atoms with Crippen LogP contribution in [0.2, 0.25) is 0 Å². The molecule has 1 heterocycles. The Labute approximate surface area is 165 Å². The molecule has 0 unspecified atom stereocenters. The topological polar surface area (TPSA) is 85.2 Å². The second-order valence-corrected chi connectivity index (χ2v) is 6.50. The predicted octanol–water partition coefficient (Wildman–Crippen LogP) is 4.20. The van der Waals surface area contributed by atoms with E-state index < -0.39 is 23.8 Å². The van der Waals surface area contributed by atoms with Gasteiger partial charge >= 0.3 is 5.97 Å². The zero-order chi connectivity index (χ0) is 20.4. The molecular weight excluding hydrogens is 379 g/mol. The maximum atomic E-state index is 14.0. The molecule has 1 aliphatic rings. The van der Waals surface area contributed by atoms with Gasteiger partial charge in [0.25, 0.3) is 0 Å². The van der Waals surface area contributed by atoms with Crippen molar-refractivity contribution >= 4 is 5.97 Å². The summed E-state index contributed by atoms with van der Waals surface area (Å²) in [5.41, 5.74) is 1.55. The van der Waals surface area contributed by atoms with Crippen LogP contribution in [0.5, 0.6) is 17.2 Å². The Morgan fingerprint density at radius 2 is 1.90 bits per heavy atom. The van der Waals surface area contributed by atoms with Crippen LogP contribution in [0.1, 0.15) is 33.3 Å². The normalized spacial score (nSPS) is 15.3. The molecule has 0 radical (unpaired) electrons. The van der Waals surface area contributed by atoms with Gasteiger partial charge in [0.2, 0.25) is 6.29 Å². The van der Waals surface area contributed by atoms with Crippen molar-refractivity contribution in [2.45, 2.75) is 19.5 Å². The van der Waals surface area contributed by atoms with E-state index in [9.17, 15) is 19.4 Å². The lowest BCUT2D eigenvalue weighted by molar-refractivity contribution is -0.112. The van der Waals surface area contributed by atoms with Crippen LogP contribution in [0.4, 0.5) is 4.39 Å². The SMILES string of the molecule is O=C(OCc1cc(F)cc2c1O[C@@H](c1ccccc1)OC2)c1ccc(O)cc1O. The van der Waals surface area contributed by atoms with Gasteiger partial charge < -0.3 is 24.4 Å². The zero-order valence-electron chi connectivity index (χ0n) is 15.2. The van der Waals surface area contributed by atoms with Crippen LogP contribution in [0.25, 0.3) is 0 Å². The second-order valence-electron chi connectivity index (χ2n) is 6.50. The third-order valence-electron chi connectivity index (χ3n) is 4.45. The second kappa shape index (κ2) is 7.81. The van der Waals surface area contributed by atoms with Crippen LogP contribution in [-0.4, -0.2) is 16.2 Å². The number of rotatable bonds is 4. The number of esters is 1. The van der Waals surface area contributed by atoms with Crippen LogP contribution >= 0.6 is 0 Å². The van der Waals surface area contributed by atoms with E-state index in [0.29, 0.717) is 16.9 Å². The molecule has 0 spiro atoms. The summed E-state index contributed by atoms with van der Waals surface area (Å²) in [6, 6.07) is 15.4. The highest BCUT2D eigenvalue weighted by Crippen LogP contribution is 2.37. The van der Waals surface area contributed by atoms with Crippen LogP contribution in [-0.2, 0) is 22.7 Å². The fraction of sp³-hybridized carbons (Fsp3) is 0.136. The Bertz CT molecular complexity index is 1050. The van der Waals surface area contributed by atoms with E-state index in [1.54, 1.807) is 0 Å². The van der Waals surface area contributed by atoms with Gasteiger partial charge in [-0.25, -0.2) is 9.18 Å². The lowest BCUT2D eigenvalue weighted by atomic mass is 10.1. The van der Waals surface area contributed by atoms with E-state index in [4.69, 9.17) is 14.2 Å². The zero-order valence-corrected chi connectivity index (χ0v) is 15.2. The van der Waals surface area contributed by atoms with Gasteiger partial charge in [-0.1, -0.05) is 30.3 Å². The molecule has 0 amide bonds. The first-order valence-electron chi connectivity index (χ1n) is 8.85. The average Bonchev–Trinajstić information content (AvgIpc) is 2.72. The summed E-state index contributed by atoms with van der Waals surface area (Å²) in [6.07, 6.45) is -0.662. The van der Waals surface area contributed by atoms with Crippen molar-refractivity contribution in [2.24, 2.45) is 0 Å². The number of carbonyl (C=O) groups is 1. The summed E-state index contributed by atoms with van der Waals surface area (Å²) in [6.45, 7) is -0.118. The minimum atomic E-state index is -0.813. The minimum absolute atomic E-state index is 0.112. The van der Waals surface area contributed by atoms with Crippen molar-refractivity contribution in [3.63, 3.8) is 0 Å². The molecule has 0 aromatic heterocycles. The molecule has 0 fully saturated rings. The predicted molar refractivity (Wildman–Crippen MR) is 99.9 cm³/mol. The fourth-order valence-corrected chi connectivity index (χ4v) is 3.07. The van der Waals surface area contributed by atoms with Crippen molar-refractivity contribution in [3.05, 3.63) is 88.7 Å². The van der Waals surface area contributed by atoms with Crippen molar-refractivity contribution < 1.29 is 33.6 Å². The molecule has 0 saturated carbocycles. The maximum absolute atomic E-state index is 14.0. The molecule has 3 aromatic rings. The highest BCUT2D eigenvalue weighted by molar-refractivity contribution is 5.92. The molecule has 7 heteroatoms. The smallest absolute Gasteiger partial charge is 0.342 e. The Balaban J connectivity index is 1.55. The lowest BCUT2D eigenvalue weighted by Crippen LogP contribution is -2.20. The average molecular weight is 396 g/mol. The van der Waals surface area contributed by atoms with E-state index >= 15 is 0 Å². The Morgan fingerprint density at radius 3 is 2.66 bits per heavy atom. The number of phenolic OH excluding ortho intramolecular Hbond substituents is 2. The summed E-state index contributed by atoms with van der Waals surface area (Å²) < 4.78 is 30.8. The van der Waals surface area contributed by atoms with Gasteiger partial charge in [0.15, 0.2) is 0 Å². The molecule has 0 aliphatic carbocycles. The molecule has 1 aliphatic heterocycles. The number of aromatic hydroxyl groups is 2. The van der Waals surface area contributed by atoms with Crippen molar-refractivity contribution in [2.75, 3.05) is 0 Å². The summed E-state index contributed by atoms with van der Waals surface area (Å²) in [7, 11) is 0. The van der Waals surface area contributed by atoms with Gasteiger partial charge in [-0.3, -0.25) is 0 Å². The van der Waals surface area contributed by atoms with Crippen molar-refractivity contribution in [3.8, 4) is 17.2 Å². The highest BCUT2D eigenvalue weighted by Gasteiger charge is 2.26. The third-order valence-corrected chi connectivity index (χ3v) is 4.45. The number of benzene rings is 3. The van der Waals surface area contributed by atoms with Gasteiger partial charge in [-0.15, -0.1) is 0 Å². The van der Waals surface area contributed by atoms with E-state index in [1.165, 1.54) is 24.3 Å². The molecule has 2 N–H and O–H groups in total. The van der Waals surface area contributed by atoms with E-state index in [2.05, 4.69) is 0 Å². The Morgan fingerprint density at radius 1 is 1.10 bits per heavy atom. The quantitative estimate of drug-likeness (QED) is 0.643. The fourth-order valence-electron chi connectivity index (χ4n) is 3.07. The van der Waals surface area contributed by atoms with Crippen molar-refractivity contribution in [1.82, 2.24) is 0 Å². The number of fused-ring (bicyclic) bond motifs is 1. The van der Waals surface area contributed by atoms with E-state index in [1.807, 2.05) is 30.3 Å². The summed E-state index contributed by atoms with van der Waals surface area (Å²) in [4.78, 5) is 12.3. The molecule has 29 heavy (non-hydrogen) atoms. The van der Waals surface area contributed by atoms with Gasteiger partial charge in [0.1, 0.15) is 35.2 Å². The largest absolute Gasteiger partial charge is 0.508 e.